The fraction of sp³-hybridized carbons (Fsp3) is 0.538. The van der Waals surface area contributed by atoms with Crippen LogP contribution in [0.3, 0.4) is 0 Å². The minimum atomic E-state index is -1.13. The molecule has 0 fully saturated rings. The minimum Gasteiger partial charge on any atom is -0.481 e. The molecule has 3 unspecified atom stereocenters. The standard InChI is InChI=1S/C13H20O4/c1-4-11(14)9(2)7-5-6-8-12(15)10(3)13(16)17/h5-11,14H,4H2,1-3H3,(H,16,17)/b7-5+,8-6+. The molecule has 0 bridgehead atoms. The maximum absolute atomic E-state index is 11.3. The Balaban J connectivity index is 4.24. The molecule has 0 radical (unpaired) electrons. The van der Waals surface area contributed by atoms with E-state index >= 15 is 0 Å². The average Bonchev–Trinajstić information content (AvgIpc) is 2.31. The van der Waals surface area contributed by atoms with E-state index in [-0.39, 0.29) is 5.92 Å². The van der Waals surface area contributed by atoms with Crippen molar-refractivity contribution in [2.75, 3.05) is 0 Å². The van der Waals surface area contributed by atoms with Gasteiger partial charge in [0.1, 0.15) is 5.92 Å². The summed E-state index contributed by atoms with van der Waals surface area (Å²) < 4.78 is 0. The Hall–Kier alpha value is -1.42. The fourth-order valence-electron chi connectivity index (χ4n) is 1.16. The summed E-state index contributed by atoms with van der Waals surface area (Å²) >= 11 is 0. The highest BCUT2D eigenvalue weighted by Crippen LogP contribution is 2.08. The molecule has 4 heteroatoms. The normalized spacial score (nSPS) is 17.2. The molecule has 0 aromatic heterocycles. The summed E-state index contributed by atoms with van der Waals surface area (Å²) in [4.78, 5) is 21.8. The van der Waals surface area contributed by atoms with Crippen LogP contribution in [0.2, 0.25) is 0 Å². The molecule has 0 aliphatic rings. The van der Waals surface area contributed by atoms with Gasteiger partial charge in [0.2, 0.25) is 0 Å². The molecule has 17 heavy (non-hydrogen) atoms. The van der Waals surface area contributed by atoms with Crippen LogP contribution in [0, 0.1) is 11.8 Å². The molecule has 2 N–H and O–H groups in total. The Morgan fingerprint density at radius 2 is 1.82 bits per heavy atom. The lowest BCUT2D eigenvalue weighted by atomic mass is 10.0. The van der Waals surface area contributed by atoms with Crippen molar-refractivity contribution in [3.63, 3.8) is 0 Å². The predicted molar refractivity (Wildman–Crippen MR) is 65.5 cm³/mol. The zero-order chi connectivity index (χ0) is 13.4. The topological polar surface area (TPSA) is 74.6 Å². The molecular weight excluding hydrogens is 220 g/mol. The molecule has 0 aliphatic heterocycles. The van der Waals surface area contributed by atoms with Gasteiger partial charge >= 0.3 is 5.97 Å². The van der Waals surface area contributed by atoms with Crippen LogP contribution in [0.4, 0.5) is 0 Å². The van der Waals surface area contributed by atoms with Crippen molar-refractivity contribution in [2.45, 2.75) is 33.3 Å². The molecule has 0 rings (SSSR count). The number of aliphatic hydroxyl groups is 1. The van der Waals surface area contributed by atoms with Gasteiger partial charge in [-0.2, -0.15) is 0 Å². The largest absolute Gasteiger partial charge is 0.481 e. The Labute approximate surface area is 102 Å². The van der Waals surface area contributed by atoms with Crippen molar-refractivity contribution in [1.82, 2.24) is 0 Å². The Bertz CT molecular complexity index is 317. The minimum absolute atomic E-state index is 0.0108. The van der Waals surface area contributed by atoms with Crippen molar-refractivity contribution < 1.29 is 19.8 Å². The number of hydrogen-bond donors (Lipinski definition) is 2. The summed E-state index contributed by atoms with van der Waals surface area (Å²) in [7, 11) is 0. The van der Waals surface area contributed by atoms with E-state index in [2.05, 4.69) is 0 Å². The summed E-state index contributed by atoms with van der Waals surface area (Å²) in [6.07, 6.45) is 6.44. The van der Waals surface area contributed by atoms with Crippen LogP contribution in [-0.4, -0.2) is 28.1 Å². The quantitative estimate of drug-likeness (QED) is 0.404. The highest BCUT2D eigenvalue weighted by molar-refractivity contribution is 6.04. The second kappa shape index (κ2) is 7.79. The molecule has 0 amide bonds. The van der Waals surface area contributed by atoms with Crippen LogP contribution >= 0.6 is 0 Å². The van der Waals surface area contributed by atoms with Crippen LogP contribution in [0.1, 0.15) is 27.2 Å². The molecule has 4 nitrogen and oxygen atoms in total. The number of hydrogen-bond acceptors (Lipinski definition) is 3. The zero-order valence-electron chi connectivity index (χ0n) is 10.5. The SMILES string of the molecule is CCC(O)C(C)/C=C/C=C/C(=O)C(C)C(=O)O. The first-order valence-electron chi connectivity index (χ1n) is 5.69. The zero-order valence-corrected chi connectivity index (χ0v) is 10.5. The van der Waals surface area contributed by atoms with E-state index in [0.29, 0.717) is 6.42 Å². The molecular formula is C13H20O4. The van der Waals surface area contributed by atoms with Gasteiger partial charge in [0.25, 0.3) is 0 Å². The van der Waals surface area contributed by atoms with E-state index in [1.807, 2.05) is 13.8 Å². The number of carboxylic acids is 1. The summed E-state index contributed by atoms with van der Waals surface area (Å²) in [6.45, 7) is 5.12. The van der Waals surface area contributed by atoms with E-state index in [1.165, 1.54) is 19.1 Å². The third-order valence-corrected chi connectivity index (χ3v) is 2.61. The van der Waals surface area contributed by atoms with Gasteiger partial charge in [-0.05, 0) is 19.4 Å². The molecule has 0 saturated carbocycles. The number of aliphatic hydroxyl groups excluding tert-OH is 1. The van der Waals surface area contributed by atoms with Crippen LogP contribution in [0.25, 0.3) is 0 Å². The van der Waals surface area contributed by atoms with Crippen LogP contribution in [0.15, 0.2) is 24.3 Å². The van der Waals surface area contributed by atoms with Crippen molar-refractivity contribution in [3.05, 3.63) is 24.3 Å². The van der Waals surface area contributed by atoms with E-state index < -0.39 is 23.8 Å². The summed E-state index contributed by atoms with van der Waals surface area (Å²) in [5.74, 6) is -2.57. The Morgan fingerprint density at radius 3 is 2.29 bits per heavy atom. The summed E-state index contributed by atoms with van der Waals surface area (Å²) in [5.41, 5.74) is 0. The van der Waals surface area contributed by atoms with Crippen molar-refractivity contribution in [1.29, 1.82) is 0 Å². The summed E-state index contributed by atoms with van der Waals surface area (Å²) in [6, 6.07) is 0. The molecule has 3 atom stereocenters. The van der Waals surface area contributed by atoms with Crippen molar-refractivity contribution >= 4 is 11.8 Å². The van der Waals surface area contributed by atoms with Crippen LogP contribution in [-0.2, 0) is 9.59 Å². The van der Waals surface area contributed by atoms with Crippen molar-refractivity contribution in [3.8, 4) is 0 Å². The molecule has 0 spiro atoms. The van der Waals surface area contributed by atoms with Crippen molar-refractivity contribution in [2.24, 2.45) is 11.8 Å². The monoisotopic (exact) mass is 240 g/mol. The number of ketones is 1. The van der Waals surface area contributed by atoms with Gasteiger partial charge in [0.15, 0.2) is 5.78 Å². The average molecular weight is 240 g/mol. The fourth-order valence-corrected chi connectivity index (χ4v) is 1.16. The first kappa shape index (κ1) is 15.6. The van der Waals surface area contributed by atoms with E-state index in [0.717, 1.165) is 0 Å². The third kappa shape index (κ3) is 6.02. The van der Waals surface area contributed by atoms with Gasteiger partial charge in [-0.15, -0.1) is 0 Å². The van der Waals surface area contributed by atoms with Gasteiger partial charge in [-0.1, -0.05) is 32.1 Å². The number of aliphatic carboxylic acids is 1. The molecule has 96 valence electrons. The lowest BCUT2D eigenvalue weighted by molar-refractivity contribution is -0.144. The number of rotatable bonds is 7. The molecule has 0 aromatic rings. The highest BCUT2D eigenvalue weighted by Gasteiger charge is 2.17. The maximum atomic E-state index is 11.3. The number of carbonyl (C=O) groups is 2. The van der Waals surface area contributed by atoms with E-state index in [4.69, 9.17) is 5.11 Å². The molecule has 0 aromatic carbocycles. The third-order valence-electron chi connectivity index (χ3n) is 2.61. The highest BCUT2D eigenvalue weighted by atomic mass is 16.4. The molecule has 0 heterocycles. The van der Waals surface area contributed by atoms with Gasteiger partial charge in [0.05, 0.1) is 6.10 Å². The number of carbonyl (C=O) groups excluding carboxylic acids is 1. The van der Waals surface area contributed by atoms with Gasteiger partial charge in [-0.3, -0.25) is 9.59 Å². The first-order valence-corrected chi connectivity index (χ1v) is 5.69. The Morgan fingerprint density at radius 1 is 1.24 bits per heavy atom. The van der Waals surface area contributed by atoms with E-state index in [9.17, 15) is 14.7 Å². The number of carboxylic acid groups (broad SMARTS) is 1. The van der Waals surface area contributed by atoms with Crippen LogP contribution < -0.4 is 0 Å². The predicted octanol–water partition coefficient (Wildman–Crippen LogP) is 1.80. The second-order valence-electron chi connectivity index (χ2n) is 4.04. The van der Waals surface area contributed by atoms with Crippen LogP contribution in [0.5, 0.6) is 0 Å². The van der Waals surface area contributed by atoms with Gasteiger partial charge < -0.3 is 10.2 Å². The lowest BCUT2D eigenvalue weighted by Crippen LogP contribution is -2.18. The summed E-state index contributed by atoms with van der Waals surface area (Å²) in [5, 5.41) is 18.1. The van der Waals surface area contributed by atoms with Gasteiger partial charge in [-0.25, -0.2) is 0 Å². The second-order valence-corrected chi connectivity index (χ2v) is 4.04. The smallest absolute Gasteiger partial charge is 0.314 e. The number of allylic oxidation sites excluding steroid dienone is 3. The molecule has 0 aliphatic carbocycles. The Kier molecular flexibility index (Phi) is 7.14. The van der Waals surface area contributed by atoms with Gasteiger partial charge in [0, 0.05) is 5.92 Å². The first-order chi connectivity index (χ1) is 7.90. The lowest BCUT2D eigenvalue weighted by Gasteiger charge is -2.11. The van der Waals surface area contributed by atoms with E-state index in [1.54, 1.807) is 12.2 Å². The molecule has 0 saturated heterocycles. The maximum Gasteiger partial charge on any atom is 0.314 e.